The molecule has 2 aromatic rings. The fraction of sp³-hybridized carbons (Fsp3) is 0.333. The van der Waals surface area contributed by atoms with Crippen molar-refractivity contribution in [3.63, 3.8) is 0 Å². The topological polar surface area (TPSA) is 12.0 Å². The Morgan fingerprint density at radius 2 is 1.62 bits per heavy atom. The van der Waals surface area contributed by atoms with Gasteiger partial charge in [0.2, 0.25) is 0 Å². The van der Waals surface area contributed by atoms with Crippen LogP contribution in [0.2, 0.25) is 0 Å². The summed E-state index contributed by atoms with van der Waals surface area (Å²) in [6.45, 7) is 2.79. The van der Waals surface area contributed by atoms with Crippen molar-refractivity contribution in [2.45, 2.75) is 32.2 Å². The second-order valence-electron chi connectivity index (χ2n) is 5.35. The zero-order valence-corrected chi connectivity index (χ0v) is 12.3. The number of rotatable bonds is 7. The largest absolute Gasteiger partial charge is 0.314 e. The Bertz CT molecular complexity index is 534. The van der Waals surface area contributed by atoms with Crippen LogP contribution in [0.3, 0.4) is 0 Å². The molecule has 0 heterocycles. The van der Waals surface area contributed by atoms with Crippen LogP contribution < -0.4 is 5.32 Å². The fourth-order valence-corrected chi connectivity index (χ4v) is 2.39. The summed E-state index contributed by atoms with van der Waals surface area (Å²) < 4.78 is 27.1. The highest BCUT2D eigenvalue weighted by Crippen LogP contribution is 2.14. The maximum absolute atomic E-state index is 13.6. The minimum atomic E-state index is -0.465. The van der Waals surface area contributed by atoms with Crippen LogP contribution in [-0.4, -0.2) is 12.6 Å². The van der Waals surface area contributed by atoms with Crippen molar-refractivity contribution in [1.29, 1.82) is 0 Å². The minimum Gasteiger partial charge on any atom is -0.314 e. The van der Waals surface area contributed by atoms with Crippen molar-refractivity contribution < 1.29 is 8.78 Å². The summed E-state index contributed by atoms with van der Waals surface area (Å²) in [7, 11) is 0. The first-order valence-corrected chi connectivity index (χ1v) is 7.37. The predicted molar refractivity (Wildman–Crippen MR) is 82.3 cm³/mol. The van der Waals surface area contributed by atoms with E-state index in [1.165, 1.54) is 23.8 Å². The second kappa shape index (κ2) is 7.89. The van der Waals surface area contributed by atoms with Gasteiger partial charge in [0.15, 0.2) is 0 Å². The first-order chi connectivity index (χ1) is 10.2. The van der Waals surface area contributed by atoms with Crippen molar-refractivity contribution in [2.24, 2.45) is 0 Å². The summed E-state index contributed by atoms with van der Waals surface area (Å²) in [6.07, 6.45) is 2.38. The molecule has 1 N–H and O–H groups in total. The van der Waals surface area contributed by atoms with Gasteiger partial charge >= 0.3 is 0 Å². The molecule has 21 heavy (non-hydrogen) atoms. The van der Waals surface area contributed by atoms with E-state index in [4.69, 9.17) is 0 Å². The van der Waals surface area contributed by atoms with Gasteiger partial charge in [-0.3, -0.25) is 0 Å². The van der Waals surface area contributed by atoms with Crippen molar-refractivity contribution in [2.75, 3.05) is 6.54 Å². The van der Waals surface area contributed by atoms with E-state index in [9.17, 15) is 8.78 Å². The molecular formula is C18H21F2N. The van der Waals surface area contributed by atoms with Gasteiger partial charge in [-0.1, -0.05) is 36.4 Å². The van der Waals surface area contributed by atoms with Crippen LogP contribution in [0.15, 0.2) is 48.5 Å². The summed E-state index contributed by atoms with van der Waals surface area (Å²) >= 11 is 0. The van der Waals surface area contributed by atoms with E-state index in [1.54, 1.807) is 0 Å². The van der Waals surface area contributed by atoms with Gasteiger partial charge < -0.3 is 5.32 Å². The van der Waals surface area contributed by atoms with Crippen molar-refractivity contribution in [1.82, 2.24) is 5.32 Å². The molecule has 0 fully saturated rings. The Kier molecular flexibility index (Phi) is 5.88. The third kappa shape index (κ3) is 4.94. The van der Waals surface area contributed by atoms with Crippen molar-refractivity contribution >= 4 is 0 Å². The van der Waals surface area contributed by atoms with Gasteiger partial charge in [0.25, 0.3) is 0 Å². The molecule has 112 valence electrons. The highest BCUT2D eigenvalue weighted by molar-refractivity contribution is 5.20. The van der Waals surface area contributed by atoms with Gasteiger partial charge in [0.1, 0.15) is 11.6 Å². The van der Waals surface area contributed by atoms with Crippen LogP contribution in [0, 0.1) is 11.6 Å². The fourth-order valence-electron chi connectivity index (χ4n) is 2.39. The predicted octanol–water partition coefficient (Wildman–Crippen LogP) is 4.12. The lowest BCUT2D eigenvalue weighted by molar-refractivity contribution is 0.495. The molecule has 0 saturated heterocycles. The summed E-state index contributed by atoms with van der Waals surface area (Å²) in [6, 6.07) is 14.3. The maximum Gasteiger partial charge on any atom is 0.129 e. The Morgan fingerprint density at radius 3 is 2.29 bits per heavy atom. The van der Waals surface area contributed by atoms with E-state index in [0.717, 1.165) is 19.4 Å². The molecule has 0 aliphatic heterocycles. The minimum absolute atomic E-state index is 0.0483. The van der Waals surface area contributed by atoms with E-state index < -0.39 is 11.6 Å². The quantitative estimate of drug-likeness (QED) is 0.756. The highest BCUT2D eigenvalue weighted by Gasteiger charge is 2.11. The van der Waals surface area contributed by atoms with Crippen molar-refractivity contribution in [3.05, 3.63) is 71.3 Å². The van der Waals surface area contributed by atoms with Gasteiger partial charge in [-0.2, -0.15) is 0 Å². The molecule has 0 aliphatic rings. The van der Waals surface area contributed by atoms with E-state index in [0.29, 0.717) is 6.42 Å². The molecule has 0 saturated carbocycles. The normalized spacial score (nSPS) is 12.3. The van der Waals surface area contributed by atoms with Crippen LogP contribution in [-0.2, 0) is 12.8 Å². The standard InChI is InChI=1S/C18H21F2N/c1-14(13-16-17(19)10-5-11-18(16)20)21-12-6-9-15-7-3-2-4-8-15/h2-5,7-8,10-11,14,21H,6,9,12-13H2,1H3. The van der Waals surface area contributed by atoms with Gasteiger partial charge in [-0.05, 0) is 50.4 Å². The zero-order chi connectivity index (χ0) is 15.1. The number of halogens is 2. The molecule has 3 heteroatoms. The summed E-state index contributed by atoms with van der Waals surface area (Å²) in [4.78, 5) is 0. The third-order valence-corrected chi connectivity index (χ3v) is 3.55. The molecule has 0 aliphatic carbocycles. The third-order valence-electron chi connectivity index (χ3n) is 3.55. The SMILES string of the molecule is CC(Cc1c(F)cccc1F)NCCCc1ccccc1. The Balaban J connectivity index is 1.74. The van der Waals surface area contributed by atoms with Gasteiger partial charge in [-0.15, -0.1) is 0 Å². The van der Waals surface area contributed by atoms with Gasteiger partial charge in [-0.25, -0.2) is 8.78 Å². The Hall–Kier alpha value is -1.74. The first kappa shape index (κ1) is 15.6. The molecule has 0 amide bonds. The number of nitrogens with one attached hydrogen (secondary N) is 1. The molecule has 1 unspecified atom stereocenters. The number of aryl methyl sites for hydroxylation is 1. The van der Waals surface area contributed by atoms with Crippen LogP contribution in [0.4, 0.5) is 8.78 Å². The molecule has 2 rings (SSSR count). The highest BCUT2D eigenvalue weighted by atomic mass is 19.1. The zero-order valence-electron chi connectivity index (χ0n) is 12.3. The smallest absolute Gasteiger partial charge is 0.129 e. The van der Waals surface area contributed by atoms with Crippen LogP contribution in [0.5, 0.6) is 0 Å². The van der Waals surface area contributed by atoms with E-state index in [1.807, 2.05) is 25.1 Å². The molecule has 1 atom stereocenters. The van der Waals surface area contributed by atoms with Gasteiger partial charge in [0.05, 0.1) is 0 Å². The van der Waals surface area contributed by atoms with Crippen LogP contribution >= 0.6 is 0 Å². The van der Waals surface area contributed by atoms with Crippen LogP contribution in [0.25, 0.3) is 0 Å². The molecule has 1 nitrogen and oxygen atoms in total. The Morgan fingerprint density at radius 1 is 0.952 bits per heavy atom. The molecule has 0 aromatic heterocycles. The van der Waals surface area contributed by atoms with E-state index in [-0.39, 0.29) is 11.6 Å². The molecule has 2 aromatic carbocycles. The van der Waals surface area contributed by atoms with E-state index >= 15 is 0 Å². The monoisotopic (exact) mass is 289 g/mol. The number of benzene rings is 2. The second-order valence-corrected chi connectivity index (χ2v) is 5.35. The van der Waals surface area contributed by atoms with Gasteiger partial charge in [0, 0.05) is 11.6 Å². The molecular weight excluding hydrogens is 268 g/mol. The van der Waals surface area contributed by atoms with Crippen LogP contribution in [0.1, 0.15) is 24.5 Å². The maximum atomic E-state index is 13.6. The summed E-state index contributed by atoms with van der Waals surface area (Å²) in [5.41, 5.74) is 1.48. The average Bonchev–Trinajstić information content (AvgIpc) is 2.49. The lowest BCUT2D eigenvalue weighted by atomic mass is 10.1. The Labute approximate surface area is 125 Å². The average molecular weight is 289 g/mol. The lowest BCUT2D eigenvalue weighted by Crippen LogP contribution is -2.29. The van der Waals surface area contributed by atoms with Crippen molar-refractivity contribution in [3.8, 4) is 0 Å². The first-order valence-electron chi connectivity index (χ1n) is 7.37. The van der Waals surface area contributed by atoms with E-state index in [2.05, 4.69) is 17.4 Å². The molecule has 0 radical (unpaired) electrons. The summed E-state index contributed by atoms with van der Waals surface area (Å²) in [5, 5.41) is 3.32. The summed E-state index contributed by atoms with van der Waals surface area (Å²) in [5.74, 6) is -0.930. The molecule has 0 spiro atoms. The number of hydrogen-bond acceptors (Lipinski definition) is 1. The molecule has 0 bridgehead atoms. The lowest BCUT2D eigenvalue weighted by Gasteiger charge is -2.15. The number of hydrogen-bond donors (Lipinski definition) is 1.